The molecule has 0 atom stereocenters. The Hall–Kier alpha value is -2.97. The normalized spacial score (nSPS) is 16.2. The Labute approximate surface area is 181 Å². The predicted octanol–water partition coefficient (Wildman–Crippen LogP) is 3.84. The number of aryl methyl sites for hydroxylation is 1. The molecule has 0 aliphatic carbocycles. The Balaban J connectivity index is 1.26. The molecule has 1 aliphatic heterocycles. The van der Waals surface area contributed by atoms with E-state index in [1.807, 2.05) is 37.4 Å². The van der Waals surface area contributed by atoms with Crippen molar-refractivity contribution in [2.24, 2.45) is 5.92 Å². The van der Waals surface area contributed by atoms with Gasteiger partial charge in [0.1, 0.15) is 0 Å². The Bertz CT molecular complexity index is 1290. The molecular weight excluding hydrogens is 410 g/mol. The van der Waals surface area contributed by atoms with E-state index in [1.165, 1.54) is 0 Å². The first-order valence-corrected chi connectivity index (χ1v) is 12.0. The van der Waals surface area contributed by atoms with Crippen molar-refractivity contribution in [1.82, 2.24) is 24.1 Å². The van der Waals surface area contributed by atoms with Crippen molar-refractivity contribution in [3.63, 3.8) is 0 Å². The largest absolute Gasteiger partial charge is 0.346 e. The lowest BCUT2D eigenvalue weighted by Gasteiger charge is -2.31. The number of sulfonamides is 1. The van der Waals surface area contributed by atoms with Gasteiger partial charge in [0, 0.05) is 37.6 Å². The zero-order valence-electron chi connectivity index (χ0n) is 17.4. The highest BCUT2D eigenvalue weighted by Crippen LogP contribution is 2.27. The molecule has 0 amide bonds. The van der Waals surface area contributed by atoms with Crippen molar-refractivity contribution in [3.8, 4) is 11.3 Å². The summed E-state index contributed by atoms with van der Waals surface area (Å²) in [6.07, 6.45) is 7.38. The first-order valence-electron chi connectivity index (χ1n) is 10.5. The van der Waals surface area contributed by atoms with Gasteiger partial charge in [0.15, 0.2) is 0 Å². The number of aromatic nitrogens is 4. The van der Waals surface area contributed by atoms with E-state index in [9.17, 15) is 8.42 Å². The summed E-state index contributed by atoms with van der Waals surface area (Å²) in [7, 11) is -3.42. The van der Waals surface area contributed by atoms with Gasteiger partial charge in [0.25, 0.3) is 0 Å². The third kappa shape index (κ3) is 3.88. The summed E-state index contributed by atoms with van der Waals surface area (Å²) in [5.74, 6) is 0.439. The van der Waals surface area contributed by atoms with Gasteiger partial charge < -0.3 is 4.57 Å². The van der Waals surface area contributed by atoms with Crippen molar-refractivity contribution in [3.05, 3.63) is 66.6 Å². The molecule has 5 rings (SSSR count). The first kappa shape index (κ1) is 20.0. The van der Waals surface area contributed by atoms with Crippen molar-refractivity contribution < 1.29 is 8.42 Å². The Kier molecular flexibility index (Phi) is 5.11. The number of fused-ring (bicyclic) bond motifs is 1. The molecule has 31 heavy (non-hydrogen) atoms. The van der Waals surface area contributed by atoms with Crippen molar-refractivity contribution in [2.75, 3.05) is 13.1 Å². The average molecular weight is 436 g/mol. The summed E-state index contributed by atoms with van der Waals surface area (Å²) in [5.41, 5.74) is 4.98. The van der Waals surface area contributed by atoms with Gasteiger partial charge in [-0.25, -0.2) is 13.4 Å². The molecule has 160 valence electrons. The maximum absolute atomic E-state index is 12.9. The number of rotatable bonds is 5. The molecule has 1 fully saturated rings. The molecular formula is C23H25N5O2S. The fourth-order valence-electron chi connectivity index (χ4n) is 4.25. The van der Waals surface area contributed by atoms with Crippen LogP contribution in [0.15, 0.2) is 66.0 Å². The van der Waals surface area contributed by atoms with Crippen LogP contribution in [-0.4, -0.2) is 45.6 Å². The van der Waals surface area contributed by atoms with Crippen LogP contribution in [-0.2, 0) is 16.6 Å². The number of hydrogen-bond donors (Lipinski definition) is 1. The van der Waals surface area contributed by atoms with Crippen molar-refractivity contribution in [1.29, 1.82) is 0 Å². The van der Waals surface area contributed by atoms with E-state index in [-0.39, 0.29) is 0 Å². The van der Waals surface area contributed by atoms with Gasteiger partial charge in [-0.15, -0.1) is 0 Å². The number of H-pyrrole nitrogens is 1. The van der Waals surface area contributed by atoms with E-state index in [0.717, 1.165) is 47.2 Å². The van der Waals surface area contributed by atoms with E-state index < -0.39 is 10.0 Å². The molecule has 4 heterocycles. The van der Waals surface area contributed by atoms with Crippen LogP contribution >= 0.6 is 0 Å². The Morgan fingerprint density at radius 2 is 1.84 bits per heavy atom. The second-order valence-electron chi connectivity index (χ2n) is 8.22. The van der Waals surface area contributed by atoms with Crippen LogP contribution in [0.5, 0.6) is 0 Å². The topological polar surface area (TPSA) is 83.9 Å². The number of piperidine rings is 1. The van der Waals surface area contributed by atoms with Gasteiger partial charge in [-0.1, -0.05) is 17.7 Å². The number of hydrogen-bond acceptors (Lipinski definition) is 4. The van der Waals surface area contributed by atoms with Crippen LogP contribution in [0.2, 0.25) is 0 Å². The highest BCUT2D eigenvalue weighted by Gasteiger charge is 2.29. The van der Waals surface area contributed by atoms with E-state index in [2.05, 4.69) is 27.0 Å². The van der Waals surface area contributed by atoms with Crippen LogP contribution in [0.4, 0.5) is 0 Å². The average Bonchev–Trinajstić information content (AvgIpc) is 3.45. The van der Waals surface area contributed by atoms with Crippen LogP contribution in [0.1, 0.15) is 18.4 Å². The number of nitrogens with one attached hydrogen (secondary N) is 1. The quantitative estimate of drug-likeness (QED) is 0.516. The van der Waals surface area contributed by atoms with Crippen molar-refractivity contribution in [2.45, 2.75) is 31.2 Å². The van der Waals surface area contributed by atoms with E-state index in [1.54, 1.807) is 22.6 Å². The molecule has 0 unspecified atom stereocenters. The lowest BCUT2D eigenvalue weighted by atomic mass is 9.98. The maximum atomic E-state index is 12.9. The van der Waals surface area contributed by atoms with E-state index >= 15 is 0 Å². The molecule has 0 saturated carbocycles. The third-order valence-corrected chi connectivity index (χ3v) is 8.02. The number of benzene rings is 1. The molecule has 4 aromatic rings. The molecule has 8 heteroatoms. The maximum Gasteiger partial charge on any atom is 0.243 e. The van der Waals surface area contributed by atoms with Crippen molar-refractivity contribution >= 4 is 21.1 Å². The summed E-state index contributed by atoms with van der Waals surface area (Å²) in [6, 6.07) is 13.3. The fourth-order valence-corrected chi connectivity index (χ4v) is 5.72. The molecule has 0 radical (unpaired) electrons. The van der Waals surface area contributed by atoms with Crippen LogP contribution < -0.4 is 0 Å². The predicted molar refractivity (Wildman–Crippen MR) is 120 cm³/mol. The monoisotopic (exact) mass is 435 g/mol. The molecule has 1 N–H and O–H groups in total. The molecule has 0 bridgehead atoms. The van der Waals surface area contributed by atoms with E-state index in [0.29, 0.717) is 23.9 Å². The van der Waals surface area contributed by atoms with Gasteiger partial charge >= 0.3 is 0 Å². The SMILES string of the molecule is Cc1ccc(S(=O)(=O)N2CCC(Cn3ccc4nc(-c5cn[nH]c5)ccc43)CC2)cc1. The molecule has 1 aromatic carbocycles. The second-order valence-corrected chi connectivity index (χ2v) is 10.2. The number of pyridine rings is 1. The molecule has 0 spiro atoms. The molecule has 1 saturated heterocycles. The van der Waals surface area contributed by atoms with Gasteiger partial charge in [0.05, 0.1) is 27.8 Å². The van der Waals surface area contributed by atoms with Crippen LogP contribution in [0, 0.1) is 12.8 Å². The van der Waals surface area contributed by atoms with Gasteiger partial charge in [0.2, 0.25) is 10.0 Å². The lowest BCUT2D eigenvalue weighted by Crippen LogP contribution is -2.39. The summed E-state index contributed by atoms with van der Waals surface area (Å²) < 4.78 is 29.7. The minimum atomic E-state index is -3.42. The zero-order valence-corrected chi connectivity index (χ0v) is 18.2. The minimum absolute atomic E-state index is 0.382. The highest BCUT2D eigenvalue weighted by atomic mass is 32.2. The summed E-state index contributed by atoms with van der Waals surface area (Å²) >= 11 is 0. The standard InChI is InChI=1S/C23H25N5O2S/c1-17-2-4-20(5-3-17)31(29,30)28-12-8-18(9-13-28)16-27-11-10-22-23(27)7-6-21(26-22)19-14-24-25-15-19/h2-7,10-11,14-15,18H,8-9,12-13,16H2,1H3,(H,24,25). The molecule has 1 aliphatic rings. The number of aromatic amines is 1. The summed E-state index contributed by atoms with van der Waals surface area (Å²) in [6.45, 7) is 3.95. The second kappa shape index (κ2) is 7.94. The first-order chi connectivity index (χ1) is 15.0. The summed E-state index contributed by atoms with van der Waals surface area (Å²) in [5, 5.41) is 6.81. The summed E-state index contributed by atoms with van der Waals surface area (Å²) in [4.78, 5) is 5.13. The smallest absolute Gasteiger partial charge is 0.243 e. The minimum Gasteiger partial charge on any atom is -0.346 e. The fraction of sp³-hybridized carbons (Fsp3) is 0.304. The Morgan fingerprint density at radius 3 is 2.55 bits per heavy atom. The number of nitrogens with zero attached hydrogens (tertiary/aromatic N) is 4. The third-order valence-electron chi connectivity index (χ3n) is 6.11. The molecule has 3 aromatic heterocycles. The highest BCUT2D eigenvalue weighted by molar-refractivity contribution is 7.89. The molecule has 7 nitrogen and oxygen atoms in total. The van der Waals surface area contributed by atoms with Gasteiger partial charge in [-0.05, 0) is 56.0 Å². The lowest BCUT2D eigenvalue weighted by molar-refractivity contribution is 0.254. The van der Waals surface area contributed by atoms with Crippen LogP contribution in [0.3, 0.4) is 0 Å². The Morgan fingerprint density at radius 1 is 1.06 bits per heavy atom. The zero-order chi connectivity index (χ0) is 21.4. The van der Waals surface area contributed by atoms with Gasteiger partial charge in [-0.3, -0.25) is 5.10 Å². The van der Waals surface area contributed by atoms with Crippen LogP contribution in [0.25, 0.3) is 22.3 Å². The van der Waals surface area contributed by atoms with Gasteiger partial charge in [-0.2, -0.15) is 9.40 Å². The van der Waals surface area contributed by atoms with E-state index in [4.69, 9.17) is 4.98 Å².